The molecule has 3 rings (SSSR count). The molecule has 0 amide bonds. The lowest BCUT2D eigenvalue weighted by atomic mass is 9.99. The molecule has 0 atom stereocenters. The Morgan fingerprint density at radius 1 is 1.14 bits per heavy atom. The molecular formula is C17H19ClFN3O4S2. The Morgan fingerprint density at radius 2 is 1.86 bits per heavy atom. The van der Waals surface area contributed by atoms with E-state index in [1.54, 1.807) is 6.07 Å². The van der Waals surface area contributed by atoms with Crippen LogP contribution in [0.4, 0.5) is 4.39 Å². The van der Waals surface area contributed by atoms with Crippen LogP contribution < -0.4 is 4.72 Å². The molecule has 2 aromatic rings. The zero-order valence-electron chi connectivity index (χ0n) is 14.8. The Morgan fingerprint density at radius 3 is 2.46 bits per heavy atom. The summed E-state index contributed by atoms with van der Waals surface area (Å²) < 4.78 is 66.9. The van der Waals surface area contributed by atoms with Crippen molar-refractivity contribution in [3.05, 3.63) is 53.6 Å². The number of benzene rings is 1. The number of nitrogens with zero attached hydrogens (tertiary/aromatic N) is 2. The maximum Gasteiger partial charge on any atom is 0.244 e. The van der Waals surface area contributed by atoms with Gasteiger partial charge in [0.25, 0.3) is 0 Å². The highest BCUT2D eigenvalue weighted by Gasteiger charge is 2.30. The Bertz CT molecular complexity index is 1040. The van der Waals surface area contributed by atoms with Crippen molar-refractivity contribution in [3.63, 3.8) is 0 Å². The van der Waals surface area contributed by atoms with E-state index in [0.29, 0.717) is 25.9 Å². The van der Waals surface area contributed by atoms with E-state index >= 15 is 0 Å². The minimum absolute atomic E-state index is 0.00829. The molecule has 0 radical (unpaired) electrons. The molecule has 0 spiro atoms. The summed E-state index contributed by atoms with van der Waals surface area (Å²) in [5, 5.41) is -0.267. The van der Waals surface area contributed by atoms with E-state index in [9.17, 15) is 21.2 Å². The van der Waals surface area contributed by atoms with Gasteiger partial charge in [-0.2, -0.15) is 4.31 Å². The van der Waals surface area contributed by atoms with Crippen LogP contribution in [0.2, 0.25) is 5.02 Å². The van der Waals surface area contributed by atoms with E-state index in [2.05, 4.69) is 9.71 Å². The predicted octanol–water partition coefficient (Wildman–Crippen LogP) is 2.25. The minimum Gasteiger partial charge on any atom is -0.263 e. The van der Waals surface area contributed by atoms with E-state index in [1.807, 2.05) is 0 Å². The number of rotatable bonds is 6. The van der Waals surface area contributed by atoms with E-state index in [-0.39, 0.29) is 27.3 Å². The number of aromatic nitrogens is 1. The smallest absolute Gasteiger partial charge is 0.244 e. The van der Waals surface area contributed by atoms with Gasteiger partial charge in [-0.3, -0.25) is 4.98 Å². The van der Waals surface area contributed by atoms with Gasteiger partial charge in [-0.05, 0) is 49.1 Å². The molecule has 1 N–H and O–H groups in total. The van der Waals surface area contributed by atoms with Crippen molar-refractivity contribution < 1.29 is 21.2 Å². The van der Waals surface area contributed by atoms with Crippen LogP contribution in [0.3, 0.4) is 0 Å². The number of piperidine rings is 1. The zero-order valence-corrected chi connectivity index (χ0v) is 17.1. The fourth-order valence-electron chi connectivity index (χ4n) is 2.96. The van der Waals surface area contributed by atoms with Crippen molar-refractivity contribution in [2.45, 2.75) is 22.6 Å². The van der Waals surface area contributed by atoms with Crippen molar-refractivity contribution in [3.8, 4) is 0 Å². The summed E-state index contributed by atoms with van der Waals surface area (Å²) in [6.07, 6.45) is 3.85. The number of halogens is 2. The SMILES string of the molecule is O=S(=O)(NCC1CCN(S(=O)(=O)c2cccnc2)CC1)c1ccc(F)c(Cl)c1. The molecule has 1 aromatic heterocycles. The van der Waals surface area contributed by atoms with Crippen LogP contribution in [0.5, 0.6) is 0 Å². The van der Waals surface area contributed by atoms with Gasteiger partial charge < -0.3 is 0 Å². The minimum atomic E-state index is -3.83. The molecule has 1 fully saturated rings. The second kappa shape index (κ2) is 8.42. The number of hydrogen-bond acceptors (Lipinski definition) is 5. The third kappa shape index (κ3) is 4.69. The first kappa shape index (κ1) is 21.1. The molecular weight excluding hydrogens is 429 g/mol. The van der Waals surface area contributed by atoms with Crippen molar-refractivity contribution in [1.29, 1.82) is 0 Å². The summed E-state index contributed by atoms with van der Waals surface area (Å²) >= 11 is 5.64. The summed E-state index contributed by atoms with van der Waals surface area (Å²) in [7, 11) is -7.42. The Hall–Kier alpha value is -1.59. The highest BCUT2D eigenvalue weighted by atomic mass is 35.5. The monoisotopic (exact) mass is 447 g/mol. The van der Waals surface area contributed by atoms with Crippen LogP contribution >= 0.6 is 11.6 Å². The van der Waals surface area contributed by atoms with Crippen LogP contribution in [-0.2, 0) is 20.0 Å². The molecule has 1 aromatic carbocycles. The second-order valence-electron chi connectivity index (χ2n) is 6.46. The Labute approximate surface area is 168 Å². The lowest BCUT2D eigenvalue weighted by Gasteiger charge is -2.31. The number of pyridine rings is 1. The Balaban J connectivity index is 1.58. The van der Waals surface area contributed by atoms with Gasteiger partial charge in [0.1, 0.15) is 10.7 Å². The van der Waals surface area contributed by atoms with E-state index in [4.69, 9.17) is 11.6 Å². The standard InChI is InChI=1S/C17H19ClFN3O4S2/c18-16-10-14(3-4-17(16)19)27(23,24)21-11-13-5-8-22(9-6-13)28(25,26)15-2-1-7-20-12-15/h1-4,7,10,12-13,21H,5-6,8-9,11H2. The topological polar surface area (TPSA) is 96.4 Å². The molecule has 0 bridgehead atoms. The molecule has 1 saturated heterocycles. The van der Waals surface area contributed by atoms with Gasteiger partial charge in [-0.1, -0.05) is 11.6 Å². The summed E-state index contributed by atoms with van der Waals surface area (Å²) in [6, 6.07) is 6.26. The summed E-state index contributed by atoms with van der Waals surface area (Å²) in [5.41, 5.74) is 0. The van der Waals surface area contributed by atoms with Crippen molar-refractivity contribution in [2.75, 3.05) is 19.6 Å². The molecule has 2 heterocycles. The fraction of sp³-hybridized carbons (Fsp3) is 0.353. The Kier molecular flexibility index (Phi) is 6.35. The van der Waals surface area contributed by atoms with Crippen LogP contribution in [0, 0.1) is 11.7 Å². The normalized spacial score (nSPS) is 16.9. The van der Waals surface area contributed by atoms with Crippen molar-refractivity contribution >= 4 is 31.6 Å². The molecule has 0 aliphatic carbocycles. The van der Waals surface area contributed by atoms with Gasteiger partial charge in [0.05, 0.1) is 9.92 Å². The molecule has 152 valence electrons. The third-order valence-electron chi connectivity index (χ3n) is 4.61. The van der Waals surface area contributed by atoms with Crippen LogP contribution in [0.25, 0.3) is 0 Å². The maximum absolute atomic E-state index is 13.2. The molecule has 0 unspecified atom stereocenters. The first-order valence-corrected chi connectivity index (χ1v) is 11.8. The average molecular weight is 448 g/mol. The highest BCUT2D eigenvalue weighted by molar-refractivity contribution is 7.89. The lowest BCUT2D eigenvalue weighted by Crippen LogP contribution is -2.41. The summed E-state index contributed by atoms with van der Waals surface area (Å²) in [4.78, 5) is 3.87. The lowest BCUT2D eigenvalue weighted by molar-refractivity contribution is 0.274. The quantitative estimate of drug-likeness (QED) is 0.732. The number of sulfonamides is 2. The molecule has 11 heteroatoms. The van der Waals surface area contributed by atoms with Crippen LogP contribution in [0.15, 0.2) is 52.5 Å². The number of nitrogens with one attached hydrogen (secondary N) is 1. The molecule has 0 saturated carbocycles. The van der Waals surface area contributed by atoms with Gasteiger partial charge in [-0.15, -0.1) is 0 Å². The molecule has 1 aliphatic heterocycles. The van der Waals surface area contributed by atoms with Crippen LogP contribution in [-0.4, -0.2) is 45.8 Å². The van der Waals surface area contributed by atoms with Crippen LogP contribution in [0.1, 0.15) is 12.8 Å². The third-order valence-corrected chi connectivity index (χ3v) is 8.20. The highest BCUT2D eigenvalue weighted by Crippen LogP contribution is 2.24. The summed E-state index contributed by atoms with van der Waals surface area (Å²) in [6.45, 7) is 0.760. The van der Waals surface area contributed by atoms with E-state index in [1.165, 1.54) is 22.8 Å². The largest absolute Gasteiger partial charge is 0.263 e. The maximum atomic E-state index is 13.2. The van der Waals surface area contributed by atoms with Gasteiger partial charge in [0.2, 0.25) is 20.0 Å². The predicted molar refractivity (Wildman–Crippen MR) is 102 cm³/mol. The van der Waals surface area contributed by atoms with Gasteiger partial charge in [0.15, 0.2) is 0 Å². The van der Waals surface area contributed by atoms with Gasteiger partial charge in [-0.25, -0.2) is 25.9 Å². The zero-order chi connectivity index (χ0) is 20.4. The number of hydrogen-bond donors (Lipinski definition) is 1. The molecule has 28 heavy (non-hydrogen) atoms. The van der Waals surface area contributed by atoms with Gasteiger partial charge in [0, 0.05) is 32.0 Å². The first-order chi connectivity index (χ1) is 13.2. The van der Waals surface area contributed by atoms with Crippen molar-refractivity contribution in [1.82, 2.24) is 14.0 Å². The first-order valence-electron chi connectivity index (χ1n) is 8.55. The fourth-order valence-corrected chi connectivity index (χ4v) is 5.78. The molecule has 1 aliphatic rings. The van der Waals surface area contributed by atoms with Crippen molar-refractivity contribution in [2.24, 2.45) is 5.92 Å². The second-order valence-corrected chi connectivity index (χ2v) is 10.6. The van der Waals surface area contributed by atoms with E-state index in [0.717, 1.165) is 18.2 Å². The van der Waals surface area contributed by atoms with Gasteiger partial charge >= 0.3 is 0 Å². The molecule has 7 nitrogen and oxygen atoms in total. The summed E-state index contributed by atoms with van der Waals surface area (Å²) in [5.74, 6) is -0.700. The average Bonchev–Trinajstić information content (AvgIpc) is 2.69. The van der Waals surface area contributed by atoms with E-state index < -0.39 is 25.9 Å².